The Kier molecular flexibility index (Phi) is 4.94. The van der Waals surface area contributed by atoms with Gasteiger partial charge in [0, 0.05) is 23.1 Å². The Morgan fingerprint density at radius 3 is 2.30 bits per heavy atom. The Labute approximate surface area is 220 Å². The second kappa shape index (κ2) is 8.03. The van der Waals surface area contributed by atoms with Crippen molar-refractivity contribution in [3.8, 4) is 11.5 Å². The van der Waals surface area contributed by atoms with E-state index in [-0.39, 0.29) is 29.5 Å². The number of hydrogen-bond donors (Lipinski definition) is 0. The standard InChI is InChI=1S/C27H17Cl2NO7/c28-18-7-5-13(9-19(18)29)23-17-11-36-30(14-6-8-20-21(10-14)35-12-34-20)26(33)22(17)27(37-23)24(31)15-3-1-2-4-16(15)25(27)32/h1-10,17,22-23H,11-12H2. The number of rotatable bonds is 2. The van der Waals surface area contributed by atoms with Crippen molar-refractivity contribution >= 4 is 46.4 Å². The van der Waals surface area contributed by atoms with Gasteiger partial charge in [-0.2, -0.15) is 5.06 Å². The van der Waals surface area contributed by atoms with Crippen LogP contribution < -0.4 is 14.5 Å². The average molecular weight is 538 g/mol. The van der Waals surface area contributed by atoms with Crippen molar-refractivity contribution < 1.29 is 33.4 Å². The van der Waals surface area contributed by atoms with Gasteiger partial charge in [0.1, 0.15) is 0 Å². The molecule has 0 bridgehead atoms. The predicted octanol–water partition coefficient (Wildman–Crippen LogP) is 4.82. The monoisotopic (exact) mass is 537 g/mol. The normalized spacial score (nSPS) is 25.1. The van der Waals surface area contributed by atoms with Crippen molar-refractivity contribution in [1.82, 2.24) is 0 Å². The first-order chi connectivity index (χ1) is 17.9. The zero-order valence-electron chi connectivity index (χ0n) is 19.0. The topological polar surface area (TPSA) is 91.4 Å². The van der Waals surface area contributed by atoms with Crippen LogP contribution >= 0.6 is 23.2 Å². The number of ether oxygens (including phenoxy) is 3. The first-order valence-electron chi connectivity index (χ1n) is 11.6. The zero-order valence-corrected chi connectivity index (χ0v) is 20.5. The Hall–Kier alpha value is -3.43. The van der Waals surface area contributed by atoms with Gasteiger partial charge in [-0.1, -0.05) is 53.5 Å². The van der Waals surface area contributed by atoms with Gasteiger partial charge >= 0.3 is 0 Å². The Balaban J connectivity index is 1.35. The Morgan fingerprint density at radius 1 is 0.838 bits per heavy atom. The molecule has 8 nitrogen and oxygen atoms in total. The summed E-state index contributed by atoms with van der Waals surface area (Å²) < 4.78 is 17.2. The average Bonchev–Trinajstić information content (AvgIpc) is 3.58. The molecule has 10 heteroatoms. The predicted molar refractivity (Wildman–Crippen MR) is 131 cm³/mol. The van der Waals surface area contributed by atoms with Crippen molar-refractivity contribution in [2.24, 2.45) is 11.8 Å². The molecule has 3 unspecified atom stereocenters. The molecule has 1 spiro atoms. The fourth-order valence-corrected chi connectivity index (χ4v) is 6.02. The van der Waals surface area contributed by atoms with E-state index < -0.39 is 41.0 Å². The highest BCUT2D eigenvalue weighted by molar-refractivity contribution is 6.42. The maximum absolute atomic E-state index is 14.1. The molecule has 3 atom stereocenters. The number of carbonyl (C=O) groups excluding carboxylic acids is 3. The van der Waals surface area contributed by atoms with Crippen molar-refractivity contribution in [3.05, 3.63) is 87.4 Å². The number of benzene rings is 3. The van der Waals surface area contributed by atoms with E-state index in [0.717, 1.165) is 5.06 Å². The van der Waals surface area contributed by atoms with E-state index in [1.165, 1.54) is 0 Å². The number of hydroxylamine groups is 1. The van der Waals surface area contributed by atoms with Gasteiger partial charge in [0.05, 0.1) is 34.4 Å². The number of hydrogen-bond acceptors (Lipinski definition) is 7. The van der Waals surface area contributed by atoms with E-state index in [1.54, 1.807) is 60.7 Å². The highest BCUT2D eigenvalue weighted by Crippen LogP contribution is 2.56. The number of fused-ring (bicyclic) bond motifs is 4. The van der Waals surface area contributed by atoms with Crippen LogP contribution in [0.15, 0.2) is 60.7 Å². The Morgan fingerprint density at radius 2 is 1.57 bits per heavy atom. The third-order valence-electron chi connectivity index (χ3n) is 7.38. The molecule has 0 saturated carbocycles. The van der Waals surface area contributed by atoms with Gasteiger partial charge in [-0.15, -0.1) is 0 Å². The largest absolute Gasteiger partial charge is 0.454 e. The summed E-state index contributed by atoms with van der Waals surface area (Å²) in [6.45, 7) is 0.0796. The molecule has 0 N–H and O–H groups in total. The van der Waals surface area contributed by atoms with Crippen LogP contribution in [0.3, 0.4) is 0 Å². The van der Waals surface area contributed by atoms with Gasteiger partial charge in [0.25, 0.3) is 5.91 Å². The fourth-order valence-electron chi connectivity index (χ4n) is 5.72. The summed E-state index contributed by atoms with van der Waals surface area (Å²) >= 11 is 12.4. The number of halogens is 2. The molecule has 3 heterocycles. The first kappa shape index (κ1) is 22.7. The van der Waals surface area contributed by atoms with Gasteiger partial charge in [-0.05, 0) is 29.8 Å². The van der Waals surface area contributed by atoms with Crippen molar-refractivity contribution in [3.63, 3.8) is 0 Å². The van der Waals surface area contributed by atoms with Crippen LogP contribution in [-0.4, -0.2) is 36.5 Å². The number of anilines is 1. The third-order valence-corrected chi connectivity index (χ3v) is 8.12. The van der Waals surface area contributed by atoms with Crippen LogP contribution in [0, 0.1) is 11.8 Å². The molecule has 3 aromatic carbocycles. The SMILES string of the molecule is O=C1C2C(CON1c1ccc3c(c1)OCO3)C(c1ccc(Cl)c(Cl)c1)OC21C(=O)c2ccccc2C1=O. The molecule has 37 heavy (non-hydrogen) atoms. The van der Waals surface area contributed by atoms with E-state index in [2.05, 4.69) is 0 Å². The maximum atomic E-state index is 14.1. The number of Topliss-reactive ketones (excluding diaryl/α,β-unsaturated/α-hetero) is 2. The summed E-state index contributed by atoms with van der Waals surface area (Å²) in [6, 6.07) is 16.4. The van der Waals surface area contributed by atoms with E-state index in [9.17, 15) is 14.4 Å². The molecule has 1 aliphatic carbocycles. The van der Waals surface area contributed by atoms with Gasteiger partial charge in [0.2, 0.25) is 24.0 Å². The minimum Gasteiger partial charge on any atom is -0.454 e. The molecule has 0 radical (unpaired) electrons. The first-order valence-corrected chi connectivity index (χ1v) is 12.3. The van der Waals surface area contributed by atoms with Crippen LogP contribution in [0.2, 0.25) is 10.0 Å². The lowest BCUT2D eigenvalue weighted by Crippen LogP contribution is -2.57. The van der Waals surface area contributed by atoms with E-state index in [1.807, 2.05) is 0 Å². The number of amides is 1. The highest BCUT2D eigenvalue weighted by atomic mass is 35.5. The summed E-state index contributed by atoms with van der Waals surface area (Å²) in [4.78, 5) is 47.8. The van der Waals surface area contributed by atoms with Gasteiger partial charge < -0.3 is 14.2 Å². The minimum absolute atomic E-state index is 0.00835. The molecular formula is C27H17Cl2NO7. The maximum Gasteiger partial charge on any atom is 0.258 e. The van der Waals surface area contributed by atoms with Crippen molar-refractivity contribution in [1.29, 1.82) is 0 Å². The number of nitrogens with zero attached hydrogens (tertiary/aromatic N) is 1. The summed E-state index contributed by atoms with van der Waals surface area (Å²) in [7, 11) is 0. The lowest BCUT2D eigenvalue weighted by atomic mass is 9.74. The molecule has 0 aromatic heterocycles. The molecule has 2 fully saturated rings. The Bertz CT molecular complexity index is 1490. The quantitative estimate of drug-likeness (QED) is 0.432. The van der Waals surface area contributed by atoms with Crippen LogP contribution in [0.5, 0.6) is 11.5 Å². The van der Waals surface area contributed by atoms with Gasteiger partial charge in [0.15, 0.2) is 11.5 Å². The lowest BCUT2D eigenvalue weighted by Gasteiger charge is -2.37. The minimum atomic E-state index is -2.03. The van der Waals surface area contributed by atoms with E-state index in [0.29, 0.717) is 27.8 Å². The summed E-state index contributed by atoms with van der Waals surface area (Å²) in [6.07, 6.45) is -0.815. The van der Waals surface area contributed by atoms with Crippen LogP contribution in [0.1, 0.15) is 32.4 Å². The van der Waals surface area contributed by atoms with Gasteiger partial charge in [-0.25, -0.2) is 0 Å². The summed E-state index contributed by atoms with van der Waals surface area (Å²) in [5.74, 6) is -2.41. The van der Waals surface area contributed by atoms with E-state index >= 15 is 0 Å². The van der Waals surface area contributed by atoms with E-state index in [4.69, 9.17) is 42.3 Å². The molecule has 3 aromatic rings. The van der Waals surface area contributed by atoms with Gasteiger partial charge in [-0.3, -0.25) is 19.2 Å². The second-order valence-electron chi connectivity index (χ2n) is 9.26. The second-order valence-corrected chi connectivity index (χ2v) is 10.1. The fraction of sp³-hybridized carbons (Fsp3) is 0.222. The smallest absolute Gasteiger partial charge is 0.258 e. The molecule has 2 saturated heterocycles. The molecule has 4 aliphatic rings. The summed E-state index contributed by atoms with van der Waals surface area (Å²) in [5, 5.41) is 1.74. The highest BCUT2D eigenvalue weighted by Gasteiger charge is 2.71. The molecule has 186 valence electrons. The summed E-state index contributed by atoms with van der Waals surface area (Å²) in [5.41, 5.74) is -0.590. The van der Waals surface area contributed by atoms with Crippen LogP contribution in [-0.2, 0) is 14.4 Å². The molecule has 3 aliphatic heterocycles. The molecular weight excluding hydrogens is 521 g/mol. The zero-order chi connectivity index (χ0) is 25.5. The van der Waals surface area contributed by atoms with Crippen molar-refractivity contribution in [2.45, 2.75) is 11.7 Å². The third kappa shape index (κ3) is 3.07. The molecule has 7 rings (SSSR count). The lowest BCUT2D eigenvalue weighted by molar-refractivity contribution is -0.140. The molecule has 1 amide bonds. The number of ketones is 2. The van der Waals surface area contributed by atoms with Crippen molar-refractivity contribution in [2.75, 3.05) is 18.5 Å². The van der Waals surface area contributed by atoms with Crippen LogP contribution in [0.25, 0.3) is 0 Å². The van der Waals surface area contributed by atoms with Crippen LogP contribution in [0.4, 0.5) is 5.69 Å². The number of carbonyl (C=O) groups is 3.